The van der Waals surface area contributed by atoms with Crippen LogP contribution in [0.1, 0.15) is 43.0 Å². The number of hydrogen-bond acceptors (Lipinski definition) is 4. The monoisotopic (exact) mass is 304 g/mol. The quantitative estimate of drug-likeness (QED) is 0.800. The number of benzene rings is 1. The minimum Gasteiger partial charge on any atom is -0.493 e. The average molecular weight is 304 g/mol. The number of aromatic nitrogens is 1. The minimum atomic E-state index is 0.479. The van der Waals surface area contributed by atoms with E-state index in [4.69, 9.17) is 4.74 Å². The molecule has 0 saturated carbocycles. The van der Waals surface area contributed by atoms with Gasteiger partial charge in [-0.15, -0.1) is 11.3 Å². The van der Waals surface area contributed by atoms with Crippen molar-refractivity contribution in [1.29, 1.82) is 0 Å². The van der Waals surface area contributed by atoms with E-state index >= 15 is 0 Å². The molecule has 1 N–H and O–H groups in total. The van der Waals surface area contributed by atoms with Crippen molar-refractivity contribution in [3.05, 3.63) is 45.9 Å². The molecule has 2 rings (SSSR count). The van der Waals surface area contributed by atoms with E-state index in [0.717, 1.165) is 36.0 Å². The molecule has 0 spiro atoms. The van der Waals surface area contributed by atoms with Gasteiger partial charge in [0.25, 0.3) is 0 Å². The highest BCUT2D eigenvalue weighted by Gasteiger charge is 2.07. The molecule has 0 aliphatic heterocycles. The summed E-state index contributed by atoms with van der Waals surface area (Å²) in [7, 11) is 0. The Kier molecular flexibility index (Phi) is 6.21. The molecule has 3 nitrogen and oxygen atoms in total. The molecule has 0 amide bonds. The fraction of sp³-hybridized carbons (Fsp3) is 0.471. The highest BCUT2D eigenvalue weighted by molar-refractivity contribution is 7.09. The molecule has 0 saturated heterocycles. The van der Waals surface area contributed by atoms with Crippen molar-refractivity contribution >= 4 is 11.3 Å². The molecule has 2 aromatic rings. The van der Waals surface area contributed by atoms with Gasteiger partial charge in [0.15, 0.2) is 0 Å². The third kappa shape index (κ3) is 4.83. The van der Waals surface area contributed by atoms with Crippen LogP contribution < -0.4 is 10.1 Å². The third-order valence-corrected chi connectivity index (χ3v) is 4.23. The summed E-state index contributed by atoms with van der Waals surface area (Å²) in [5.74, 6) is 1.48. The summed E-state index contributed by atoms with van der Waals surface area (Å²) < 4.78 is 5.94. The summed E-state index contributed by atoms with van der Waals surface area (Å²) >= 11 is 1.71. The molecule has 114 valence electrons. The maximum atomic E-state index is 5.94. The first-order chi connectivity index (χ1) is 10.2. The Hall–Kier alpha value is -1.39. The van der Waals surface area contributed by atoms with Crippen LogP contribution in [0.3, 0.4) is 0 Å². The van der Waals surface area contributed by atoms with Gasteiger partial charge in [-0.2, -0.15) is 0 Å². The molecular weight excluding hydrogens is 280 g/mol. The third-order valence-electron chi connectivity index (χ3n) is 3.27. The highest BCUT2D eigenvalue weighted by Crippen LogP contribution is 2.26. The van der Waals surface area contributed by atoms with Gasteiger partial charge in [0.05, 0.1) is 17.3 Å². The maximum absolute atomic E-state index is 5.94. The van der Waals surface area contributed by atoms with Gasteiger partial charge in [-0.05, 0) is 24.1 Å². The number of nitrogens with zero attached hydrogens (tertiary/aromatic N) is 1. The first-order valence-electron chi connectivity index (χ1n) is 7.56. The molecule has 0 fully saturated rings. The van der Waals surface area contributed by atoms with Crippen LogP contribution in [0.2, 0.25) is 0 Å². The molecule has 1 aromatic heterocycles. The lowest BCUT2D eigenvalue weighted by Gasteiger charge is -2.13. The van der Waals surface area contributed by atoms with Crippen molar-refractivity contribution in [3.63, 3.8) is 0 Å². The molecule has 1 heterocycles. The lowest BCUT2D eigenvalue weighted by atomic mass is 10.0. The van der Waals surface area contributed by atoms with Gasteiger partial charge in [-0.25, -0.2) is 4.98 Å². The fourth-order valence-corrected chi connectivity index (χ4v) is 2.91. The van der Waals surface area contributed by atoms with E-state index < -0.39 is 0 Å². The van der Waals surface area contributed by atoms with Crippen molar-refractivity contribution in [2.75, 3.05) is 13.2 Å². The van der Waals surface area contributed by atoms with Crippen LogP contribution in [0.15, 0.2) is 29.6 Å². The van der Waals surface area contributed by atoms with E-state index in [1.54, 1.807) is 11.3 Å². The summed E-state index contributed by atoms with van der Waals surface area (Å²) in [5, 5.41) is 6.56. The average Bonchev–Trinajstić information content (AvgIpc) is 2.93. The van der Waals surface area contributed by atoms with Crippen LogP contribution in [0.5, 0.6) is 5.75 Å². The largest absolute Gasteiger partial charge is 0.493 e. The lowest BCUT2D eigenvalue weighted by Crippen LogP contribution is -2.12. The zero-order valence-electron chi connectivity index (χ0n) is 13.1. The first-order valence-corrected chi connectivity index (χ1v) is 8.44. The van der Waals surface area contributed by atoms with E-state index in [0.29, 0.717) is 12.5 Å². The zero-order valence-corrected chi connectivity index (χ0v) is 13.9. The van der Waals surface area contributed by atoms with Gasteiger partial charge < -0.3 is 10.1 Å². The normalized spacial score (nSPS) is 11.0. The van der Waals surface area contributed by atoms with E-state index in [9.17, 15) is 0 Å². The summed E-state index contributed by atoms with van der Waals surface area (Å²) in [6, 6.07) is 8.28. The molecular formula is C17H24N2OS. The van der Waals surface area contributed by atoms with Gasteiger partial charge in [0.1, 0.15) is 5.75 Å². The number of thiazole rings is 1. The molecule has 0 atom stereocenters. The zero-order chi connectivity index (χ0) is 15.1. The Bertz CT molecular complexity index is 551. The van der Waals surface area contributed by atoms with Gasteiger partial charge in [0, 0.05) is 18.3 Å². The molecule has 0 unspecified atom stereocenters. The Labute approximate surface area is 131 Å². The van der Waals surface area contributed by atoms with Gasteiger partial charge in [-0.3, -0.25) is 0 Å². The standard InChI is InChI=1S/C17H24N2OS/c1-4-18-11-14-12-21-17(19-14)9-10-20-16-8-6-5-7-15(16)13(2)3/h5-8,12-13,18H,4,9-11H2,1-3H3. The Balaban J connectivity index is 1.85. The minimum absolute atomic E-state index is 0.479. The van der Waals surface area contributed by atoms with Crippen molar-refractivity contribution < 1.29 is 4.74 Å². The molecule has 0 radical (unpaired) electrons. The Morgan fingerprint density at radius 2 is 2.10 bits per heavy atom. The van der Waals surface area contributed by atoms with Crippen LogP contribution in [0, 0.1) is 0 Å². The van der Waals surface area contributed by atoms with Crippen LogP contribution in [0.25, 0.3) is 0 Å². The molecule has 0 bridgehead atoms. The molecule has 4 heteroatoms. The van der Waals surface area contributed by atoms with Gasteiger partial charge in [-0.1, -0.05) is 39.0 Å². The molecule has 0 aliphatic rings. The lowest BCUT2D eigenvalue weighted by molar-refractivity contribution is 0.317. The molecule has 1 aromatic carbocycles. The van der Waals surface area contributed by atoms with Gasteiger partial charge in [0.2, 0.25) is 0 Å². The SMILES string of the molecule is CCNCc1csc(CCOc2ccccc2C(C)C)n1. The van der Waals surface area contributed by atoms with Gasteiger partial charge >= 0.3 is 0 Å². The molecule has 21 heavy (non-hydrogen) atoms. The van der Waals surface area contributed by atoms with Crippen molar-refractivity contribution in [2.24, 2.45) is 0 Å². The number of ether oxygens (including phenoxy) is 1. The summed E-state index contributed by atoms with van der Waals surface area (Å²) in [5.41, 5.74) is 2.39. The second-order valence-corrected chi connectivity index (χ2v) is 6.25. The smallest absolute Gasteiger partial charge is 0.122 e. The van der Waals surface area contributed by atoms with E-state index in [2.05, 4.69) is 48.6 Å². The second kappa shape index (κ2) is 8.15. The van der Waals surface area contributed by atoms with Crippen LogP contribution in [-0.2, 0) is 13.0 Å². The van der Waals surface area contributed by atoms with Crippen molar-refractivity contribution in [3.8, 4) is 5.75 Å². The predicted molar refractivity (Wildman–Crippen MR) is 89.2 cm³/mol. The first kappa shape index (κ1) is 16.0. The van der Waals surface area contributed by atoms with E-state index in [1.165, 1.54) is 5.56 Å². The molecule has 0 aliphatic carbocycles. The number of nitrogens with one attached hydrogen (secondary N) is 1. The number of rotatable bonds is 8. The van der Waals surface area contributed by atoms with Crippen molar-refractivity contribution in [1.82, 2.24) is 10.3 Å². The van der Waals surface area contributed by atoms with E-state index in [1.807, 2.05) is 12.1 Å². The highest BCUT2D eigenvalue weighted by atomic mass is 32.1. The Morgan fingerprint density at radius 1 is 1.29 bits per heavy atom. The number of para-hydroxylation sites is 1. The second-order valence-electron chi connectivity index (χ2n) is 5.30. The maximum Gasteiger partial charge on any atom is 0.122 e. The Morgan fingerprint density at radius 3 is 2.86 bits per heavy atom. The predicted octanol–water partition coefficient (Wildman–Crippen LogP) is 4.00. The topological polar surface area (TPSA) is 34.1 Å². The van der Waals surface area contributed by atoms with E-state index in [-0.39, 0.29) is 0 Å². The van der Waals surface area contributed by atoms with Crippen LogP contribution >= 0.6 is 11.3 Å². The summed E-state index contributed by atoms with van der Waals surface area (Å²) in [6.07, 6.45) is 0.864. The summed E-state index contributed by atoms with van der Waals surface area (Å²) in [4.78, 5) is 4.61. The van der Waals surface area contributed by atoms with Crippen LogP contribution in [0.4, 0.5) is 0 Å². The summed E-state index contributed by atoms with van der Waals surface area (Å²) in [6.45, 7) is 8.99. The number of hydrogen-bond donors (Lipinski definition) is 1. The van der Waals surface area contributed by atoms with Crippen molar-refractivity contribution in [2.45, 2.75) is 39.7 Å². The fourth-order valence-electron chi connectivity index (χ4n) is 2.14. The van der Waals surface area contributed by atoms with Crippen LogP contribution in [-0.4, -0.2) is 18.1 Å².